The number of benzene rings is 2. The zero-order chi connectivity index (χ0) is 20.9. The number of nitrogens with zero attached hydrogens (tertiary/aromatic N) is 1. The number of para-hydroxylation sites is 1. The van der Waals surface area contributed by atoms with Crippen LogP contribution in [0.5, 0.6) is 11.5 Å². The van der Waals surface area contributed by atoms with Crippen LogP contribution >= 0.6 is 11.3 Å². The fraction of sp³-hybridized carbons (Fsp3) is 0.292. The van der Waals surface area contributed by atoms with E-state index in [0.717, 1.165) is 19.5 Å². The maximum absolute atomic E-state index is 13.0. The van der Waals surface area contributed by atoms with Gasteiger partial charge < -0.3 is 14.8 Å². The Labute approximate surface area is 181 Å². The van der Waals surface area contributed by atoms with E-state index in [1.54, 1.807) is 43.8 Å². The van der Waals surface area contributed by atoms with Crippen LogP contribution < -0.4 is 14.8 Å². The Morgan fingerprint density at radius 3 is 2.67 bits per heavy atom. The van der Waals surface area contributed by atoms with E-state index in [2.05, 4.69) is 51.3 Å². The molecule has 1 amide bonds. The highest BCUT2D eigenvalue weighted by Crippen LogP contribution is 2.32. The number of carbonyl (C=O) groups excluding carboxylic acids is 1. The molecule has 1 aliphatic rings. The monoisotopic (exact) mass is 422 g/mol. The Morgan fingerprint density at radius 2 is 1.93 bits per heavy atom. The largest absolute Gasteiger partial charge is 0.493 e. The summed E-state index contributed by atoms with van der Waals surface area (Å²) >= 11 is 1.68. The van der Waals surface area contributed by atoms with Gasteiger partial charge in [-0.1, -0.05) is 30.3 Å². The SMILES string of the molecule is COc1cccc(C(=O)NC[C@H](c2ccsc2)N2CCc3ccccc3C2)c1OC. The number of nitrogens with one attached hydrogen (secondary N) is 1. The predicted octanol–water partition coefficient (Wildman–Crippen LogP) is 4.29. The summed E-state index contributed by atoms with van der Waals surface area (Å²) in [6, 6.07) is 16.2. The number of ether oxygens (including phenoxy) is 2. The van der Waals surface area contributed by atoms with Gasteiger partial charge in [0.1, 0.15) is 0 Å². The molecule has 0 saturated heterocycles. The van der Waals surface area contributed by atoms with Gasteiger partial charge in [-0.2, -0.15) is 11.3 Å². The van der Waals surface area contributed by atoms with Gasteiger partial charge in [-0.05, 0) is 52.1 Å². The second-order valence-corrected chi connectivity index (χ2v) is 8.09. The zero-order valence-electron chi connectivity index (χ0n) is 17.3. The highest BCUT2D eigenvalue weighted by molar-refractivity contribution is 7.08. The van der Waals surface area contributed by atoms with Crippen molar-refractivity contribution in [2.24, 2.45) is 0 Å². The first-order valence-corrected chi connectivity index (χ1v) is 11.0. The first-order valence-electron chi connectivity index (χ1n) is 10.0. The normalized spacial score (nSPS) is 14.6. The van der Waals surface area contributed by atoms with E-state index in [-0.39, 0.29) is 11.9 Å². The van der Waals surface area contributed by atoms with E-state index in [9.17, 15) is 4.79 Å². The lowest BCUT2D eigenvalue weighted by molar-refractivity contribution is 0.0924. The molecule has 6 heteroatoms. The number of thiophene rings is 1. The van der Waals surface area contributed by atoms with Crippen molar-refractivity contribution < 1.29 is 14.3 Å². The minimum absolute atomic E-state index is 0.116. The van der Waals surface area contributed by atoms with E-state index >= 15 is 0 Å². The molecule has 156 valence electrons. The summed E-state index contributed by atoms with van der Waals surface area (Å²) in [4.78, 5) is 15.4. The fourth-order valence-electron chi connectivity index (χ4n) is 4.06. The highest BCUT2D eigenvalue weighted by Gasteiger charge is 2.26. The van der Waals surface area contributed by atoms with Gasteiger partial charge in [0.25, 0.3) is 5.91 Å². The zero-order valence-corrected chi connectivity index (χ0v) is 18.1. The molecule has 1 atom stereocenters. The van der Waals surface area contributed by atoms with Crippen molar-refractivity contribution in [3.63, 3.8) is 0 Å². The van der Waals surface area contributed by atoms with E-state index in [0.29, 0.717) is 23.6 Å². The molecule has 0 saturated carbocycles. The van der Waals surface area contributed by atoms with Gasteiger partial charge in [0, 0.05) is 19.6 Å². The molecular weight excluding hydrogens is 396 g/mol. The minimum Gasteiger partial charge on any atom is -0.493 e. The quantitative estimate of drug-likeness (QED) is 0.617. The maximum Gasteiger partial charge on any atom is 0.255 e. The molecule has 3 aromatic rings. The Bertz CT molecular complexity index is 1000. The summed E-state index contributed by atoms with van der Waals surface area (Å²) < 4.78 is 10.8. The molecule has 1 aromatic heterocycles. The minimum atomic E-state index is -0.164. The van der Waals surface area contributed by atoms with Crippen molar-refractivity contribution in [2.75, 3.05) is 27.3 Å². The van der Waals surface area contributed by atoms with Crippen LogP contribution in [0.1, 0.15) is 33.1 Å². The average Bonchev–Trinajstić information content (AvgIpc) is 3.33. The molecule has 0 bridgehead atoms. The van der Waals surface area contributed by atoms with Gasteiger partial charge >= 0.3 is 0 Å². The Morgan fingerprint density at radius 1 is 1.10 bits per heavy atom. The molecule has 1 N–H and O–H groups in total. The third-order valence-electron chi connectivity index (χ3n) is 5.63. The Balaban J connectivity index is 1.52. The molecule has 0 spiro atoms. The summed E-state index contributed by atoms with van der Waals surface area (Å²) in [6.07, 6.45) is 1.02. The van der Waals surface area contributed by atoms with Crippen molar-refractivity contribution in [1.82, 2.24) is 10.2 Å². The number of methoxy groups -OCH3 is 2. The average molecular weight is 423 g/mol. The second-order valence-electron chi connectivity index (χ2n) is 7.31. The summed E-state index contributed by atoms with van der Waals surface area (Å²) in [7, 11) is 3.12. The lowest BCUT2D eigenvalue weighted by Gasteiger charge is -2.35. The van der Waals surface area contributed by atoms with Crippen LogP contribution in [0.25, 0.3) is 0 Å². The molecule has 0 radical (unpaired) electrons. The summed E-state index contributed by atoms with van der Waals surface area (Å²) in [5.74, 6) is 0.840. The molecular formula is C24H26N2O3S. The summed E-state index contributed by atoms with van der Waals surface area (Å²) in [6.45, 7) is 2.38. The molecule has 4 rings (SSSR count). The van der Waals surface area contributed by atoms with Crippen LogP contribution in [0.15, 0.2) is 59.3 Å². The van der Waals surface area contributed by atoms with Crippen LogP contribution in [0, 0.1) is 0 Å². The molecule has 0 aliphatic carbocycles. The van der Waals surface area contributed by atoms with Gasteiger partial charge in [0.2, 0.25) is 0 Å². The van der Waals surface area contributed by atoms with Crippen LogP contribution in [0.4, 0.5) is 0 Å². The van der Waals surface area contributed by atoms with Crippen molar-refractivity contribution in [3.05, 3.63) is 81.5 Å². The predicted molar refractivity (Wildman–Crippen MR) is 119 cm³/mol. The third-order valence-corrected chi connectivity index (χ3v) is 6.33. The van der Waals surface area contributed by atoms with Crippen molar-refractivity contribution in [2.45, 2.75) is 19.0 Å². The first-order chi connectivity index (χ1) is 14.7. The van der Waals surface area contributed by atoms with E-state index < -0.39 is 0 Å². The van der Waals surface area contributed by atoms with E-state index in [4.69, 9.17) is 9.47 Å². The van der Waals surface area contributed by atoms with Gasteiger partial charge in [0.05, 0.1) is 25.8 Å². The first kappa shape index (κ1) is 20.4. The Hall–Kier alpha value is -2.83. The summed E-state index contributed by atoms with van der Waals surface area (Å²) in [5, 5.41) is 7.38. The standard InChI is InChI=1S/C24H26N2O3S/c1-28-22-9-5-8-20(23(22)29-2)24(27)25-14-21(19-11-13-30-16-19)26-12-10-17-6-3-4-7-18(17)15-26/h3-9,11,13,16,21H,10,12,14-15H2,1-2H3,(H,25,27)/t21-/m1/s1. The van der Waals surface area contributed by atoms with Gasteiger partial charge in [-0.3, -0.25) is 9.69 Å². The van der Waals surface area contributed by atoms with Crippen LogP contribution in [-0.2, 0) is 13.0 Å². The van der Waals surface area contributed by atoms with Crippen molar-refractivity contribution in [3.8, 4) is 11.5 Å². The molecule has 5 nitrogen and oxygen atoms in total. The smallest absolute Gasteiger partial charge is 0.255 e. The fourth-order valence-corrected chi connectivity index (χ4v) is 4.76. The lowest BCUT2D eigenvalue weighted by Crippen LogP contribution is -2.40. The van der Waals surface area contributed by atoms with Gasteiger partial charge in [-0.15, -0.1) is 0 Å². The van der Waals surface area contributed by atoms with Crippen molar-refractivity contribution in [1.29, 1.82) is 0 Å². The van der Waals surface area contributed by atoms with E-state index in [1.807, 2.05) is 0 Å². The maximum atomic E-state index is 13.0. The lowest BCUT2D eigenvalue weighted by atomic mass is 9.97. The molecule has 0 unspecified atom stereocenters. The van der Waals surface area contributed by atoms with Crippen LogP contribution in [0.2, 0.25) is 0 Å². The number of carbonyl (C=O) groups is 1. The number of hydrogen-bond donors (Lipinski definition) is 1. The topological polar surface area (TPSA) is 50.8 Å². The van der Waals surface area contributed by atoms with Gasteiger partial charge in [-0.25, -0.2) is 0 Å². The number of hydrogen-bond acceptors (Lipinski definition) is 5. The molecule has 2 heterocycles. The number of amides is 1. The van der Waals surface area contributed by atoms with Gasteiger partial charge in [0.15, 0.2) is 11.5 Å². The highest BCUT2D eigenvalue weighted by atomic mass is 32.1. The molecule has 2 aromatic carbocycles. The second kappa shape index (κ2) is 9.32. The Kier molecular flexibility index (Phi) is 6.35. The molecule has 1 aliphatic heterocycles. The molecule has 30 heavy (non-hydrogen) atoms. The summed E-state index contributed by atoms with van der Waals surface area (Å²) in [5.41, 5.74) is 4.50. The number of fused-ring (bicyclic) bond motifs is 1. The molecule has 0 fully saturated rings. The van der Waals surface area contributed by atoms with Crippen LogP contribution in [-0.4, -0.2) is 38.1 Å². The van der Waals surface area contributed by atoms with Crippen LogP contribution in [0.3, 0.4) is 0 Å². The van der Waals surface area contributed by atoms with E-state index in [1.165, 1.54) is 16.7 Å². The number of rotatable bonds is 7. The third kappa shape index (κ3) is 4.20. The van der Waals surface area contributed by atoms with Crippen molar-refractivity contribution >= 4 is 17.2 Å².